The summed E-state index contributed by atoms with van der Waals surface area (Å²) in [7, 11) is 0. The highest BCUT2D eigenvalue weighted by Gasteiger charge is 2.25. The predicted molar refractivity (Wildman–Crippen MR) is 125 cm³/mol. The van der Waals surface area contributed by atoms with E-state index in [2.05, 4.69) is 20.3 Å². The molecule has 1 aromatic carbocycles. The van der Waals surface area contributed by atoms with Crippen molar-refractivity contribution >= 4 is 11.8 Å². The molecule has 7 heteroatoms. The molecule has 0 unspecified atom stereocenters. The lowest BCUT2D eigenvalue weighted by Crippen LogP contribution is -2.40. The van der Waals surface area contributed by atoms with Crippen LogP contribution >= 0.6 is 0 Å². The van der Waals surface area contributed by atoms with E-state index in [0.717, 1.165) is 42.9 Å². The van der Waals surface area contributed by atoms with Crippen molar-refractivity contribution < 1.29 is 9.59 Å². The van der Waals surface area contributed by atoms with E-state index in [0.29, 0.717) is 36.7 Å². The molecule has 0 atom stereocenters. The number of benzene rings is 1. The Morgan fingerprint density at radius 2 is 1.79 bits per heavy atom. The molecular weight excluding hydrogens is 414 g/mol. The summed E-state index contributed by atoms with van der Waals surface area (Å²) in [6, 6.07) is 15.5. The molecule has 1 saturated heterocycles. The summed E-state index contributed by atoms with van der Waals surface area (Å²) in [5.41, 5.74) is 3.13. The Morgan fingerprint density at radius 3 is 2.52 bits per heavy atom. The van der Waals surface area contributed by atoms with Gasteiger partial charge in [0.1, 0.15) is 5.82 Å². The second-order valence-corrected chi connectivity index (χ2v) is 8.47. The van der Waals surface area contributed by atoms with Gasteiger partial charge in [0.15, 0.2) is 0 Å². The molecule has 7 nitrogen and oxygen atoms in total. The van der Waals surface area contributed by atoms with Crippen LogP contribution in [0.4, 0.5) is 0 Å². The summed E-state index contributed by atoms with van der Waals surface area (Å²) in [6.07, 6.45) is 6.27. The Hall–Kier alpha value is -3.61. The number of aromatic nitrogens is 3. The minimum atomic E-state index is -0.189. The maximum Gasteiger partial charge on any atom is 0.255 e. The number of aryl methyl sites for hydroxylation is 1. The highest BCUT2D eigenvalue weighted by atomic mass is 16.2. The molecule has 0 saturated carbocycles. The number of amides is 2. The van der Waals surface area contributed by atoms with E-state index in [1.165, 1.54) is 0 Å². The molecule has 2 amide bonds. The van der Waals surface area contributed by atoms with E-state index in [4.69, 9.17) is 0 Å². The van der Waals surface area contributed by atoms with Gasteiger partial charge in [0.25, 0.3) is 5.91 Å². The number of nitrogens with zero attached hydrogens (tertiary/aromatic N) is 4. The predicted octanol–water partition coefficient (Wildman–Crippen LogP) is 3.13. The number of pyridine rings is 1. The summed E-state index contributed by atoms with van der Waals surface area (Å²) < 4.78 is 0. The van der Waals surface area contributed by atoms with Gasteiger partial charge >= 0.3 is 0 Å². The molecule has 170 valence electrons. The van der Waals surface area contributed by atoms with E-state index in [-0.39, 0.29) is 11.8 Å². The van der Waals surface area contributed by atoms with Crippen molar-refractivity contribution in [2.45, 2.75) is 39.2 Å². The number of hydrogen-bond acceptors (Lipinski definition) is 5. The van der Waals surface area contributed by atoms with Crippen LogP contribution in [0.25, 0.3) is 0 Å². The molecule has 4 rings (SSSR count). The van der Waals surface area contributed by atoms with E-state index in [1.54, 1.807) is 12.4 Å². The van der Waals surface area contributed by atoms with Crippen molar-refractivity contribution in [3.8, 4) is 0 Å². The number of rotatable bonds is 7. The molecule has 0 bridgehead atoms. The first-order chi connectivity index (χ1) is 16.1. The van der Waals surface area contributed by atoms with Crippen LogP contribution in [-0.2, 0) is 24.2 Å². The summed E-state index contributed by atoms with van der Waals surface area (Å²) >= 11 is 0. The second-order valence-electron chi connectivity index (χ2n) is 8.47. The lowest BCUT2D eigenvalue weighted by atomic mass is 9.90. The zero-order valence-electron chi connectivity index (χ0n) is 18.9. The van der Waals surface area contributed by atoms with Crippen molar-refractivity contribution in [3.05, 3.63) is 89.3 Å². The topological polar surface area (TPSA) is 88.1 Å². The maximum absolute atomic E-state index is 12.8. The number of carbonyl (C=O) groups excluding carboxylic acids is 2. The number of hydrogen-bond donors (Lipinski definition) is 1. The molecule has 2 aromatic heterocycles. The van der Waals surface area contributed by atoms with Crippen LogP contribution in [0.5, 0.6) is 0 Å². The minimum absolute atomic E-state index is 0.173. The fourth-order valence-electron chi connectivity index (χ4n) is 4.17. The lowest BCUT2D eigenvalue weighted by Gasteiger charge is -2.32. The van der Waals surface area contributed by atoms with Gasteiger partial charge in [-0.2, -0.15) is 0 Å². The molecule has 1 aliphatic heterocycles. The highest BCUT2D eigenvalue weighted by Crippen LogP contribution is 2.23. The Kier molecular flexibility index (Phi) is 7.40. The van der Waals surface area contributed by atoms with Crippen molar-refractivity contribution in [1.82, 2.24) is 25.2 Å². The summed E-state index contributed by atoms with van der Waals surface area (Å²) in [6.45, 7) is 3.67. The third-order valence-corrected chi connectivity index (χ3v) is 6.04. The molecule has 0 aliphatic carbocycles. The van der Waals surface area contributed by atoms with Gasteiger partial charge in [0.05, 0.1) is 29.9 Å². The highest BCUT2D eigenvalue weighted by molar-refractivity contribution is 5.94. The number of likely N-dealkylation sites (tertiary alicyclic amines) is 1. The Bertz CT molecular complexity index is 1080. The average Bonchev–Trinajstić information content (AvgIpc) is 2.84. The second kappa shape index (κ2) is 10.8. The zero-order chi connectivity index (χ0) is 23.0. The van der Waals surface area contributed by atoms with Gasteiger partial charge in [0, 0.05) is 25.5 Å². The smallest absolute Gasteiger partial charge is 0.255 e. The molecule has 3 aromatic rings. The Balaban J connectivity index is 1.34. The number of nitrogens with one attached hydrogen (secondary N) is 1. The molecule has 1 fully saturated rings. The van der Waals surface area contributed by atoms with Gasteiger partial charge in [-0.3, -0.25) is 14.6 Å². The van der Waals surface area contributed by atoms with Gasteiger partial charge in [-0.25, -0.2) is 9.97 Å². The van der Waals surface area contributed by atoms with Gasteiger partial charge in [0.2, 0.25) is 5.91 Å². The maximum atomic E-state index is 12.8. The van der Waals surface area contributed by atoms with Crippen LogP contribution in [-0.4, -0.2) is 44.8 Å². The summed E-state index contributed by atoms with van der Waals surface area (Å²) in [4.78, 5) is 40.5. The largest absolute Gasteiger partial charge is 0.346 e. The third-order valence-electron chi connectivity index (χ3n) is 6.04. The normalized spacial score (nSPS) is 14.2. The van der Waals surface area contributed by atoms with Crippen LogP contribution in [0.1, 0.15) is 46.0 Å². The van der Waals surface area contributed by atoms with Gasteiger partial charge < -0.3 is 10.2 Å². The Labute approximate surface area is 194 Å². The van der Waals surface area contributed by atoms with E-state index in [9.17, 15) is 9.59 Å². The first-order valence-corrected chi connectivity index (χ1v) is 11.4. The summed E-state index contributed by atoms with van der Waals surface area (Å²) in [5, 5.41) is 2.92. The first kappa shape index (κ1) is 22.6. The van der Waals surface area contributed by atoms with Crippen LogP contribution < -0.4 is 5.32 Å². The number of piperidine rings is 1. The molecular formula is C26H29N5O2. The van der Waals surface area contributed by atoms with Crippen LogP contribution in [0.3, 0.4) is 0 Å². The monoisotopic (exact) mass is 443 g/mol. The van der Waals surface area contributed by atoms with Crippen LogP contribution in [0, 0.1) is 12.8 Å². The van der Waals surface area contributed by atoms with Gasteiger partial charge in [-0.15, -0.1) is 0 Å². The van der Waals surface area contributed by atoms with Gasteiger partial charge in [-0.1, -0.05) is 36.4 Å². The van der Waals surface area contributed by atoms with Crippen molar-refractivity contribution in [2.75, 3.05) is 13.1 Å². The van der Waals surface area contributed by atoms with Crippen molar-refractivity contribution in [3.63, 3.8) is 0 Å². The van der Waals surface area contributed by atoms with Gasteiger partial charge in [-0.05, 0) is 49.8 Å². The van der Waals surface area contributed by atoms with Crippen LogP contribution in [0.2, 0.25) is 0 Å². The van der Waals surface area contributed by atoms with E-state index in [1.807, 2.05) is 60.4 Å². The first-order valence-electron chi connectivity index (χ1n) is 11.4. The molecule has 1 aliphatic rings. The number of carbonyl (C=O) groups is 2. The Morgan fingerprint density at radius 1 is 1.03 bits per heavy atom. The lowest BCUT2D eigenvalue weighted by molar-refractivity contribution is -0.131. The van der Waals surface area contributed by atoms with E-state index >= 15 is 0 Å². The fraction of sp³-hybridized carbons (Fsp3) is 0.346. The minimum Gasteiger partial charge on any atom is -0.346 e. The summed E-state index contributed by atoms with van der Waals surface area (Å²) in [5.74, 6) is 1.02. The third kappa shape index (κ3) is 6.22. The molecule has 33 heavy (non-hydrogen) atoms. The standard InChI is InChI=1S/C26H29N5O2/c1-19-28-18-23(26(33)29-17-22-9-5-6-12-27-22)24(30-19)15-21-10-13-31(14-11-21)25(32)16-20-7-3-2-4-8-20/h2-9,12,18,21H,10-11,13-17H2,1H3,(H,29,33). The molecule has 0 radical (unpaired) electrons. The SMILES string of the molecule is Cc1ncc(C(=O)NCc2ccccn2)c(CC2CCN(C(=O)Cc3ccccc3)CC2)n1. The molecule has 1 N–H and O–H groups in total. The van der Waals surface area contributed by atoms with E-state index < -0.39 is 0 Å². The van der Waals surface area contributed by atoms with Crippen LogP contribution in [0.15, 0.2) is 60.9 Å². The quantitative estimate of drug-likeness (QED) is 0.606. The molecule has 0 spiro atoms. The zero-order valence-corrected chi connectivity index (χ0v) is 18.9. The average molecular weight is 444 g/mol. The van der Waals surface area contributed by atoms with Crippen molar-refractivity contribution in [1.29, 1.82) is 0 Å². The fourth-order valence-corrected chi connectivity index (χ4v) is 4.17. The van der Waals surface area contributed by atoms with Crippen molar-refractivity contribution in [2.24, 2.45) is 5.92 Å². The molecule has 3 heterocycles.